The molecule has 2 nitrogen and oxygen atoms in total. The molecule has 0 spiro atoms. The summed E-state index contributed by atoms with van der Waals surface area (Å²) in [5.74, 6) is 0. The Morgan fingerprint density at radius 1 is 1.25 bits per heavy atom. The summed E-state index contributed by atoms with van der Waals surface area (Å²) in [7, 11) is -1.31. The summed E-state index contributed by atoms with van der Waals surface area (Å²) in [6.45, 7) is 5.94. The Bertz CT molecular complexity index is 74.5. The van der Waals surface area contributed by atoms with E-state index in [1.807, 2.05) is 0 Å². The maximum absolute atomic E-state index is 5.48. The summed E-state index contributed by atoms with van der Waals surface area (Å²) in [4.78, 5) is 0. The summed E-state index contributed by atoms with van der Waals surface area (Å²) in [6, 6.07) is 0. The zero-order valence-electron chi connectivity index (χ0n) is 5.44. The van der Waals surface area contributed by atoms with Gasteiger partial charge in [0.15, 0.2) is 0 Å². The molecule has 8 heavy (non-hydrogen) atoms. The molecule has 1 rings (SSSR count). The molecule has 0 aliphatic carbocycles. The van der Waals surface area contributed by atoms with Crippen LogP contribution in [0.2, 0.25) is 13.1 Å². The van der Waals surface area contributed by atoms with Gasteiger partial charge in [0.05, 0.1) is 19.4 Å². The second-order valence-corrected chi connectivity index (χ2v) is 6.76. The van der Waals surface area contributed by atoms with Crippen LogP contribution in [-0.4, -0.2) is 27.8 Å². The zero-order chi connectivity index (χ0) is 6.04. The molecule has 0 bridgehead atoms. The van der Waals surface area contributed by atoms with Crippen LogP contribution in [0.4, 0.5) is 0 Å². The number of ether oxygens (including phenoxy) is 1. The molecule has 1 aliphatic rings. The van der Waals surface area contributed by atoms with Crippen LogP contribution in [0.5, 0.6) is 0 Å². The second-order valence-electron chi connectivity index (χ2n) is 2.66. The Morgan fingerprint density at radius 2 is 2.00 bits per heavy atom. The van der Waals surface area contributed by atoms with Crippen LogP contribution in [0, 0.1) is 0 Å². The second kappa shape index (κ2) is 2.17. The van der Waals surface area contributed by atoms with Crippen LogP contribution in [0.3, 0.4) is 0 Å². The normalized spacial score (nSPS) is 27.8. The highest BCUT2D eigenvalue weighted by molar-refractivity contribution is 6.71. The highest BCUT2D eigenvalue weighted by Gasteiger charge is 2.25. The van der Waals surface area contributed by atoms with Crippen molar-refractivity contribution >= 4 is 8.32 Å². The van der Waals surface area contributed by atoms with Gasteiger partial charge in [0.2, 0.25) is 8.32 Å². The minimum atomic E-state index is -1.31. The first-order chi connectivity index (χ1) is 3.71. The van der Waals surface area contributed by atoms with Crippen molar-refractivity contribution in [2.75, 3.05) is 19.4 Å². The third kappa shape index (κ3) is 1.58. The minimum absolute atomic E-state index is 0.788. The van der Waals surface area contributed by atoms with Gasteiger partial charge in [0.1, 0.15) is 0 Å². The van der Waals surface area contributed by atoms with E-state index in [2.05, 4.69) is 13.1 Å². The van der Waals surface area contributed by atoms with E-state index >= 15 is 0 Å². The van der Waals surface area contributed by atoms with Crippen molar-refractivity contribution < 1.29 is 9.16 Å². The van der Waals surface area contributed by atoms with Crippen LogP contribution in [0.25, 0.3) is 0 Å². The number of hydrogen-bond acceptors (Lipinski definition) is 2. The first-order valence-corrected chi connectivity index (χ1v) is 6.04. The Balaban J connectivity index is 2.33. The van der Waals surface area contributed by atoms with E-state index in [1.165, 1.54) is 0 Å². The maximum atomic E-state index is 5.48. The Hall–Kier alpha value is 0.137. The van der Waals surface area contributed by atoms with E-state index in [9.17, 15) is 0 Å². The smallest absolute Gasteiger partial charge is 0.212 e. The van der Waals surface area contributed by atoms with Gasteiger partial charge in [-0.3, -0.25) is 0 Å². The van der Waals surface area contributed by atoms with Gasteiger partial charge in [0.25, 0.3) is 0 Å². The lowest BCUT2D eigenvalue weighted by molar-refractivity contribution is 0.0776. The first kappa shape index (κ1) is 6.26. The average Bonchev–Trinajstić information content (AvgIpc) is 1.65. The van der Waals surface area contributed by atoms with Crippen LogP contribution in [0.1, 0.15) is 0 Å². The third-order valence-electron chi connectivity index (χ3n) is 1.17. The molecule has 0 aromatic carbocycles. The standard InChI is InChI=1S/C5H12O2Si/c1-8(2)5-6-3-4-7-8/h3-5H2,1-2H3. The molecule has 0 amide bonds. The third-order valence-corrected chi connectivity index (χ3v) is 3.06. The minimum Gasteiger partial charge on any atom is -0.413 e. The molecule has 0 atom stereocenters. The SMILES string of the molecule is C[Si]1(C)COCCO1. The lowest BCUT2D eigenvalue weighted by Crippen LogP contribution is -2.42. The summed E-state index contributed by atoms with van der Waals surface area (Å²) >= 11 is 0. The van der Waals surface area contributed by atoms with Gasteiger partial charge in [-0.25, -0.2) is 0 Å². The van der Waals surface area contributed by atoms with Gasteiger partial charge in [-0.15, -0.1) is 0 Å². The van der Waals surface area contributed by atoms with Crippen molar-refractivity contribution in [3.8, 4) is 0 Å². The maximum Gasteiger partial charge on any atom is 0.212 e. The van der Waals surface area contributed by atoms with Crippen LogP contribution in [-0.2, 0) is 9.16 Å². The van der Waals surface area contributed by atoms with Gasteiger partial charge in [-0.1, -0.05) is 0 Å². The fourth-order valence-corrected chi connectivity index (χ4v) is 2.09. The van der Waals surface area contributed by atoms with Gasteiger partial charge in [-0.05, 0) is 13.1 Å². The summed E-state index contributed by atoms with van der Waals surface area (Å²) in [5.41, 5.74) is 0. The monoisotopic (exact) mass is 132 g/mol. The molecular weight excluding hydrogens is 120 g/mol. The topological polar surface area (TPSA) is 18.5 Å². The van der Waals surface area contributed by atoms with Gasteiger partial charge in [-0.2, -0.15) is 0 Å². The summed E-state index contributed by atoms with van der Waals surface area (Å²) < 4.78 is 10.7. The number of rotatable bonds is 0. The van der Waals surface area contributed by atoms with Crippen molar-refractivity contribution in [3.63, 3.8) is 0 Å². The molecule has 1 saturated heterocycles. The molecule has 1 fully saturated rings. The van der Waals surface area contributed by atoms with Gasteiger partial charge < -0.3 is 9.16 Å². The van der Waals surface area contributed by atoms with Crippen LogP contribution in [0.15, 0.2) is 0 Å². The van der Waals surface area contributed by atoms with Crippen molar-refractivity contribution in [2.45, 2.75) is 13.1 Å². The van der Waals surface area contributed by atoms with Gasteiger partial charge in [0, 0.05) is 0 Å². The van der Waals surface area contributed by atoms with Crippen molar-refractivity contribution in [2.24, 2.45) is 0 Å². The molecule has 0 unspecified atom stereocenters. The Kier molecular flexibility index (Phi) is 1.70. The molecular formula is C5H12O2Si. The lowest BCUT2D eigenvalue weighted by Gasteiger charge is -2.27. The van der Waals surface area contributed by atoms with E-state index in [4.69, 9.17) is 9.16 Å². The predicted octanol–water partition coefficient (Wildman–Crippen LogP) is 0.777. The molecule has 0 saturated carbocycles. The van der Waals surface area contributed by atoms with Crippen LogP contribution < -0.4 is 0 Å². The number of hydrogen-bond donors (Lipinski definition) is 0. The molecule has 3 heteroatoms. The fraction of sp³-hybridized carbons (Fsp3) is 1.00. The van der Waals surface area contributed by atoms with E-state index in [0.717, 1.165) is 19.4 Å². The molecule has 48 valence electrons. The molecule has 0 N–H and O–H groups in total. The molecule has 0 aromatic heterocycles. The Morgan fingerprint density at radius 3 is 2.25 bits per heavy atom. The predicted molar refractivity (Wildman–Crippen MR) is 34.3 cm³/mol. The van der Waals surface area contributed by atoms with Crippen LogP contribution >= 0.6 is 0 Å². The zero-order valence-corrected chi connectivity index (χ0v) is 6.44. The Labute approximate surface area is 50.9 Å². The highest BCUT2D eigenvalue weighted by Crippen LogP contribution is 2.08. The van der Waals surface area contributed by atoms with E-state index < -0.39 is 8.32 Å². The first-order valence-electron chi connectivity index (χ1n) is 2.92. The lowest BCUT2D eigenvalue weighted by atomic mass is 10.8. The molecule has 1 aliphatic heterocycles. The quantitative estimate of drug-likeness (QED) is 0.453. The van der Waals surface area contributed by atoms with Crippen molar-refractivity contribution in [1.29, 1.82) is 0 Å². The average molecular weight is 132 g/mol. The largest absolute Gasteiger partial charge is 0.413 e. The summed E-state index contributed by atoms with van der Waals surface area (Å²) in [5, 5.41) is 0. The molecule has 1 heterocycles. The van der Waals surface area contributed by atoms with E-state index in [1.54, 1.807) is 0 Å². The van der Waals surface area contributed by atoms with Crippen molar-refractivity contribution in [3.05, 3.63) is 0 Å². The van der Waals surface area contributed by atoms with E-state index in [0.29, 0.717) is 0 Å². The molecule has 0 radical (unpaired) electrons. The van der Waals surface area contributed by atoms with Gasteiger partial charge >= 0.3 is 0 Å². The fourth-order valence-electron chi connectivity index (χ4n) is 0.737. The highest BCUT2D eigenvalue weighted by atomic mass is 28.4. The molecule has 0 aromatic rings. The summed E-state index contributed by atoms with van der Waals surface area (Å²) in [6.07, 6.45) is 0.868. The van der Waals surface area contributed by atoms with E-state index in [-0.39, 0.29) is 0 Å². The van der Waals surface area contributed by atoms with Crippen molar-refractivity contribution in [1.82, 2.24) is 0 Å².